The van der Waals surface area contributed by atoms with E-state index in [2.05, 4.69) is 27.4 Å². The number of nitrogens with zero attached hydrogens (tertiary/aromatic N) is 2. The van der Waals surface area contributed by atoms with Crippen LogP contribution in [-0.4, -0.2) is 27.4 Å². The van der Waals surface area contributed by atoms with Crippen molar-refractivity contribution in [1.29, 1.82) is 0 Å². The first-order valence-corrected chi connectivity index (χ1v) is 6.63. The number of aromatic nitrogens is 2. The lowest BCUT2D eigenvalue weighted by atomic mass is 10.1. The Hall–Kier alpha value is -1.83. The summed E-state index contributed by atoms with van der Waals surface area (Å²) in [5, 5.41) is 22.9. The second-order valence-corrected chi connectivity index (χ2v) is 5.50. The summed E-state index contributed by atoms with van der Waals surface area (Å²) in [5.41, 5.74) is 0.0458. The van der Waals surface area contributed by atoms with Crippen LogP contribution in [-0.2, 0) is 0 Å². The van der Waals surface area contributed by atoms with Crippen LogP contribution in [0, 0.1) is 11.8 Å². The van der Waals surface area contributed by atoms with Gasteiger partial charge in [0.1, 0.15) is 0 Å². The monoisotopic (exact) mass is 289 g/mol. The highest BCUT2D eigenvalue weighted by Gasteiger charge is 2.14. The number of aliphatic hydroxyl groups is 1. The molecular formula is C15H16ClN3O. The minimum Gasteiger partial charge on any atom is -0.389 e. The molecule has 20 heavy (non-hydrogen) atoms. The third-order valence-corrected chi connectivity index (χ3v) is 2.97. The van der Waals surface area contributed by atoms with Crippen molar-refractivity contribution in [3.63, 3.8) is 0 Å². The van der Waals surface area contributed by atoms with Crippen LogP contribution in [0.4, 0.5) is 5.82 Å². The van der Waals surface area contributed by atoms with Crippen molar-refractivity contribution in [2.75, 3.05) is 11.9 Å². The molecule has 2 rings (SSSR count). The number of fused-ring (bicyclic) bond motifs is 1. The summed E-state index contributed by atoms with van der Waals surface area (Å²) in [6, 6.07) is 5.69. The summed E-state index contributed by atoms with van der Waals surface area (Å²) in [4.78, 5) is 0. The molecule has 0 aliphatic carbocycles. The molecule has 2 N–H and O–H groups in total. The predicted octanol–water partition coefficient (Wildman–Crippen LogP) is 2.84. The van der Waals surface area contributed by atoms with Crippen molar-refractivity contribution in [1.82, 2.24) is 10.2 Å². The molecule has 4 nitrogen and oxygen atoms in total. The summed E-state index contributed by atoms with van der Waals surface area (Å²) in [5.74, 6) is 6.45. The highest BCUT2D eigenvalue weighted by Crippen LogP contribution is 2.27. The molecule has 2 aromatic rings. The Morgan fingerprint density at radius 3 is 2.70 bits per heavy atom. The Kier molecular flexibility index (Phi) is 4.12. The smallest absolute Gasteiger partial charge is 0.159 e. The predicted molar refractivity (Wildman–Crippen MR) is 81.9 cm³/mol. The molecule has 1 heterocycles. The minimum absolute atomic E-state index is 0.352. The first-order chi connectivity index (χ1) is 9.40. The van der Waals surface area contributed by atoms with E-state index in [4.69, 9.17) is 11.6 Å². The van der Waals surface area contributed by atoms with E-state index in [0.717, 1.165) is 16.3 Å². The van der Waals surface area contributed by atoms with Crippen molar-refractivity contribution in [3.8, 4) is 11.8 Å². The fraction of sp³-hybridized carbons (Fsp3) is 0.333. The van der Waals surface area contributed by atoms with Gasteiger partial charge in [0.25, 0.3) is 0 Å². The van der Waals surface area contributed by atoms with E-state index in [1.807, 2.05) is 18.2 Å². The molecule has 0 spiro atoms. The van der Waals surface area contributed by atoms with Gasteiger partial charge in [-0.2, -0.15) is 0 Å². The molecule has 0 radical (unpaired) electrons. The van der Waals surface area contributed by atoms with E-state index in [1.54, 1.807) is 20.8 Å². The number of nitrogens with one attached hydrogen (secondary N) is 1. The van der Waals surface area contributed by atoms with E-state index in [1.165, 1.54) is 0 Å². The van der Waals surface area contributed by atoms with E-state index >= 15 is 0 Å². The van der Waals surface area contributed by atoms with Crippen molar-refractivity contribution < 1.29 is 5.11 Å². The van der Waals surface area contributed by atoms with Gasteiger partial charge in [0.15, 0.2) is 11.0 Å². The number of halogens is 1. The molecule has 5 heteroatoms. The first-order valence-electron chi connectivity index (χ1n) is 6.25. The molecule has 0 unspecified atom stereocenters. The number of hydrogen-bond donors (Lipinski definition) is 2. The molecule has 0 fully saturated rings. The molecule has 1 aromatic carbocycles. The SMILES string of the molecule is CC#Cc1ccc2c(Cl)nnc(NCC(C)(C)O)c2c1. The second kappa shape index (κ2) is 5.66. The summed E-state index contributed by atoms with van der Waals surface area (Å²) in [7, 11) is 0. The highest BCUT2D eigenvalue weighted by atomic mass is 35.5. The lowest BCUT2D eigenvalue weighted by Gasteiger charge is -2.18. The van der Waals surface area contributed by atoms with Crippen LogP contribution < -0.4 is 5.32 Å². The standard InChI is InChI=1S/C15H16ClN3O/c1-4-5-10-6-7-11-12(8-10)14(19-18-13(11)16)17-9-15(2,3)20/h6-8,20H,9H2,1-3H3,(H,17,19). The van der Waals surface area contributed by atoms with Crippen molar-refractivity contribution >= 4 is 28.2 Å². The zero-order valence-electron chi connectivity index (χ0n) is 11.7. The molecular weight excluding hydrogens is 274 g/mol. The van der Waals surface area contributed by atoms with Crippen LogP contribution in [0.3, 0.4) is 0 Å². The number of benzene rings is 1. The van der Waals surface area contributed by atoms with Gasteiger partial charge < -0.3 is 10.4 Å². The minimum atomic E-state index is -0.839. The van der Waals surface area contributed by atoms with Crippen LogP contribution >= 0.6 is 11.6 Å². The number of anilines is 1. The van der Waals surface area contributed by atoms with Crippen molar-refractivity contribution in [3.05, 3.63) is 28.9 Å². The Morgan fingerprint density at radius 2 is 2.05 bits per heavy atom. The molecule has 0 aliphatic heterocycles. The molecule has 0 aliphatic rings. The van der Waals surface area contributed by atoms with E-state index in [0.29, 0.717) is 17.5 Å². The maximum absolute atomic E-state index is 9.79. The Balaban J connectivity index is 2.49. The van der Waals surface area contributed by atoms with Gasteiger partial charge in [-0.25, -0.2) is 0 Å². The van der Waals surface area contributed by atoms with Crippen LogP contribution in [0.15, 0.2) is 18.2 Å². The second-order valence-electron chi connectivity index (χ2n) is 5.14. The maximum atomic E-state index is 9.79. The van der Waals surface area contributed by atoms with Gasteiger partial charge in [0.05, 0.1) is 5.60 Å². The molecule has 0 saturated heterocycles. The van der Waals surface area contributed by atoms with E-state index in [9.17, 15) is 5.11 Å². The lowest BCUT2D eigenvalue weighted by Crippen LogP contribution is -2.29. The van der Waals surface area contributed by atoms with Crippen LogP contribution in [0.1, 0.15) is 26.3 Å². The lowest BCUT2D eigenvalue weighted by molar-refractivity contribution is 0.0944. The Morgan fingerprint density at radius 1 is 1.30 bits per heavy atom. The van der Waals surface area contributed by atoms with Gasteiger partial charge in [-0.15, -0.1) is 16.1 Å². The molecule has 0 atom stereocenters. The zero-order chi connectivity index (χ0) is 14.8. The van der Waals surface area contributed by atoms with Crippen LogP contribution in [0.25, 0.3) is 10.8 Å². The zero-order valence-corrected chi connectivity index (χ0v) is 12.4. The normalized spacial score (nSPS) is 11.1. The summed E-state index contributed by atoms with van der Waals surface area (Å²) in [6.07, 6.45) is 0. The number of rotatable bonds is 3. The van der Waals surface area contributed by atoms with Gasteiger partial charge >= 0.3 is 0 Å². The first kappa shape index (κ1) is 14.6. The highest BCUT2D eigenvalue weighted by molar-refractivity contribution is 6.34. The molecule has 0 bridgehead atoms. The molecule has 1 aromatic heterocycles. The summed E-state index contributed by atoms with van der Waals surface area (Å²) in [6.45, 7) is 5.59. The Bertz CT molecular complexity index is 696. The van der Waals surface area contributed by atoms with E-state index in [-0.39, 0.29) is 0 Å². The van der Waals surface area contributed by atoms with Gasteiger partial charge in [-0.05, 0) is 39.0 Å². The third-order valence-electron chi connectivity index (χ3n) is 2.69. The van der Waals surface area contributed by atoms with Crippen LogP contribution in [0.5, 0.6) is 0 Å². The topological polar surface area (TPSA) is 58.0 Å². The largest absolute Gasteiger partial charge is 0.389 e. The summed E-state index contributed by atoms with van der Waals surface area (Å²) < 4.78 is 0. The number of hydrogen-bond acceptors (Lipinski definition) is 4. The van der Waals surface area contributed by atoms with Crippen LogP contribution in [0.2, 0.25) is 5.15 Å². The van der Waals surface area contributed by atoms with Gasteiger partial charge in [-0.3, -0.25) is 0 Å². The van der Waals surface area contributed by atoms with E-state index < -0.39 is 5.60 Å². The van der Waals surface area contributed by atoms with Gasteiger partial charge in [-0.1, -0.05) is 17.5 Å². The third kappa shape index (κ3) is 3.38. The molecule has 0 amide bonds. The van der Waals surface area contributed by atoms with Crippen molar-refractivity contribution in [2.24, 2.45) is 0 Å². The fourth-order valence-electron chi connectivity index (χ4n) is 1.77. The van der Waals surface area contributed by atoms with Gasteiger partial charge in [0, 0.05) is 22.9 Å². The quantitative estimate of drug-likeness (QED) is 0.853. The fourth-order valence-corrected chi connectivity index (χ4v) is 1.98. The molecule has 104 valence electrons. The average molecular weight is 290 g/mol. The van der Waals surface area contributed by atoms with Gasteiger partial charge in [0.2, 0.25) is 0 Å². The van der Waals surface area contributed by atoms with Crippen molar-refractivity contribution in [2.45, 2.75) is 26.4 Å². The summed E-state index contributed by atoms with van der Waals surface area (Å²) >= 11 is 6.06. The average Bonchev–Trinajstić information content (AvgIpc) is 2.37. The maximum Gasteiger partial charge on any atom is 0.159 e. The Labute approximate surface area is 123 Å². The molecule has 0 saturated carbocycles.